The Bertz CT molecular complexity index is 1200. The molecule has 0 aliphatic heterocycles. The van der Waals surface area contributed by atoms with Crippen molar-refractivity contribution in [3.63, 3.8) is 0 Å². The molecule has 4 rings (SSSR count). The number of benzene rings is 2. The first kappa shape index (κ1) is 22.0. The lowest BCUT2D eigenvalue weighted by Gasteiger charge is -2.11. The van der Waals surface area contributed by atoms with Gasteiger partial charge in [0.2, 0.25) is 5.91 Å². The van der Waals surface area contributed by atoms with Crippen LogP contribution in [0.25, 0.3) is 11.4 Å². The minimum absolute atomic E-state index is 0.127. The highest BCUT2D eigenvalue weighted by atomic mass is 35.5. The van der Waals surface area contributed by atoms with E-state index in [9.17, 15) is 4.79 Å². The Kier molecular flexibility index (Phi) is 7.19. The summed E-state index contributed by atoms with van der Waals surface area (Å²) < 4.78 is 2.06. The first-order valence-corrected chi connectivity index (χ1v) is 11.5. The number of thioether (sulfide) groups is 1. The van der Waals surface area contributed by atoms with Gasteiger partial charge in [-0.15, -0.1) is 10.2 Å². The maximum absolute atomic E-state index is 12.5. The smallest absolute Gasteiger partial charge is 0.234 e. The summed E-state index contributed by atoms with van der Waals surface area (Å²) in [5, 5.41) is 13.0. The highest BCUT2D eigenvalue weighted by Gasteiger charge is 2.16. The quantitative estimate of drug-likeness (QED) is 0.360. The lowest BCUT2D eigenvalue weighted by molar-refractivity contribution is -0.113. The summed E-state index contributed by atoms with van der Waals surface area (Å²) in [6, 6.07) is 19.6. The van der Waals surface area contributed by atoms with Crippen LogP contribution in [0, 0.1) is 6.92 Å². The van der Waals surface area contributed by atoms with Crippen LogP contribution in [-0.4, -0.2) is 31.4 Å². The van der Waals surface area contributed by atoms with Crippen molar-refractivity contribution >= 4 is 35.0 Å². The van der Waals surface area contributed by atoms with Crippen LogP contribution in [0.1, 0.15) is 11.1 Å². The summed E-state index contributed by atoms with van der Waals surface area (Å²) in [4.78, 5) is 16.6. The number of hydrogen-bond acceptors (Lipinski definition) is 5. The summed E-state index contributed by atoms with van der Waals surface area (Å²) in [6.07, 6.45) is 4.30. The van der Waals surface area contributed by atoms with Crippen molar-refractivity contribution in [1.29, 1.82) is 0 Å². The van der Waals surface area contributed by atoms with E-state index in [1.165, 1.54) is 17.3 Å². The molecule has 0 unspecified atom stereocenters. The number of aromatic nitrogens is 4. The Hall–Kier alpha value is -3.16. The Morgan fingerprint density at radius 2 is 1.84 bits per heavy atom. The number of nitrogens with zero attached hydrogens (tertiary/aromatic N) is 4. The molecule has 1 amide bonds. The number of amides is 1. The number of pyridine rings is 1. The Morgan fingerprint density at radius 3 is 2.59 bits per heavy atom. The van der Waals surface area contributed by atoms with Gasteiger partial charge in [-0.1, -0.05) is 59.8 Å². The van der Waals surface area contributed by atoms with E-state index in [1.54, 1.807) is 18.5 Å². The average molecular weight is 464 g/mol. The zero-order chi connectivity index (χ0) is 22.3. The zero-order valence-electron chi connectivity index (χ0n) is 17.5. The van der Waals surface area contributed by atoms with E-state index in [-0.39, 0.29) is 11.7 Å². The summed E-state index contributed by atoms with van der Waals surface area (Å²) in [5.74, 6) is 0.847. The number of halogens is 1. The third-order valence-electron chi connectivity index (χ3n) is 4.91. The van der Waals surface area contributed by atoms with Crippen molar-refractivity contribution in [3.8, 4) is 11.4 Å². The van der Waals surface area contributed by atoms with Crippen molar-refractivity contribution in [2.75, 3.05) is 11.1 Å². The third-order valence-corrected chi connectivity index (χ3v) is 6.28. The van der Waals surface area contributed by atoms with Gasteiger partial charge < -0.3 is 9.88 Å². The van der Waals surface area contributed by atoms with Crippen LogP contribution in [-0.2, 0) is 17.8 Å². The first-order valence-electron chi connectivity index (χ1n) is 10.2. The van der Waals surface area contributed by atoms with E-state index in [4.69, 9.17) is 11.6 Å². The molecule has 0 aliphatic carbocycles. The van der Waals surface area contributed by atoms with Crippen LogP contribution in [0.2, 0.25) is 5.02 Å². The molecule has 2 aromatic carbocycles. The zero-order valence-corrected chi connectivity index (χ0v) is 19.1. The van der Waals surface area contributed by atoms with Crippen LogP contribution in [0.3, 0.4) is 0 Å². The molecule has 6 nitrogen and oxygen atoms in total. The predicted molar refractivity (Wildman–Crippen MR) is 129 cm³/mol. The number of carbonyl (C=O) groups is 1. The van der Waals surface area contributed by atoms with E-state index in [0.717, 1.165) is 23.4 Å². The first-order chi connectivity index (χ1) is 15.6. The fraction of sp³-hybridized carbons (Fsp3) is 0.167. The van der Waals surface area contributed by atoms with Crippen molar-refractivity contribution in [2.24, 2.45) is 0 Å². The fourth-order valence-corrected chi connectivity index (χ4v) is 4.14. The largest absolute Gasteiger partial charge is 0.325 e. The van der Waals surface area contributed by atoms with Gasteiger partial charge in [0.25, 0.3) is 0 Å². The molecule has 0 atom stereocenters. The van der Waals surface area contributed by atoms with Gasteiger partial charge in [-0.05, 0) is 48.7 Å². The van der Waals surface area contributed by atoms with Gasteiger partial charge >= 0.3 is 0 Å². The van der Waals surface area contributed by atoms with Crippen molar-refractivity contribution < 1.29 is 4.79 Å². The molecule has 1 N–H and O–H groups in total. The number of nitrogens with one attached hydrogen (secondary N) is 1. The lowest BCUT2D eigenvalue weighted by Crippen LogP contribution is -2.15. The minimum atomic E-state index is -0.127. The van der Waals surface area contributed by atoms with Gasteiger partial charge in [-0.25, -0.2) is 0 Å². The topological polar surface area (TPSA) is 72.7 Å². The molecular weight excluding hydrogens is 442 g/mol. The van der Waals surface area contributed by atoms with Crippen molar-refractivity contribution in [3.05, 3.63) is 89.2 Å². The normalized spacial score (nSPS) is 10.8. The maximum atomic E-state index is 12.5. The Balaban J connectivity index is 1.49. The number of anilines is 1. The fourth-order valence-electron chi connectivity index (χ4n) is 3.19. The summed E-state index contributed by atoms with van der Waals surface area (Å²) in [5.41, 5.74) is 3.81. The summed E-state index contributed by atoms with van der Waals surface area (Å²) >= 11 is 7.52. The Morgan fingerprint density at radius 1 is 1.06 bits per heavy atom. The van der Waals surface area contributed by atoms with Crippen LogP contribution >= 0.6 is 23.4 Å². The van der Waals surface area contributed by atoms with Gasteiger partial charge in [-0.3, -0.25) is 9.78 Å². The summed E-state index contributed by atoms with van der Waals surface area (Å²) in [6.45, 7) is 2.62. The molecule has 0 radical (unpaired) electrons. The summed E-state index contributed by atoms with van der Waals surface area (Å²) in [7, 11) is 0. The molecule has 4 aromatic rings. The average Bonchev–Trinajstić information content (AvgIpc) is 3.23. The maximum Gasteiger partial charge on any atom is 0.234 e. The molecule has 0 saturated heterocycles. The van der Waals surface area contributed by atoms with Gasteiger partial charge in [0.05, 0.1) is 5.75 Å². The predicted octanol–water partition coefficient (Wildman–Crippen LogP) is 5.28. The van der Waals surface area contributed by atoms with Crippen LogP contribution in [0.5, 0.6) is 0 Å². The number of aryl methyl sites for hydroxylation is 2. The molecule has 2 aromatic heterocycles. The number of rotatable bonds is 8. The standard InChI is InChI=1S/C24H22ClN5OS/c1-17-7-8-20(15-21(17)25)27-22(31)16-32-24-29-28-23(19-9-12-26-13-10-19)30(24)14-11-18-5-3-2-4-6-18/h2-10,12-13,15H,11,14,16H2,1H3,(H,27,31). The van der Waals surface area contributed by atoms with E-state index < -0.39 is 0 Å². The van der Waals surface area contributed by atoms with Gasteiger partial charge in [0, 0.05) is 35.2 Å². The third kappa shape index (κ3) is 5.55. The Labute approximate surface area is 196 Å². The molecule has 0 aliphatic rings. The molecule has 162 valence electrons. The molecule has 0 saturated carbocycles. The van der Waals surface area contributed by atoms with Gasteiger partial charge in [0.15, 0.2) is 11.0 Å². The SMILES string of the molecule is Cc1ccc(NC(=O)CSc2nnc(-c3ccncc3)n2CCc2ccccc2)cc1Cl. The van der Waals surface area contributed by atoms with Gasteiger partial charge in [0.1, 0.15) is 0 Å². The highest BCUT2D eigenvalue weighted by molar-refractivity contribution is 7.99. The molecule has 0 spiro atoms. The molecule has 2 heterocycles. The second-order valence-corrected chi connectivity index (χ2v) is 8.58. The van der Waals surface area contributed by atoms with Crippen LogP contribution in [0.15, 0.2) is 78.2 Å². The number of hydrogen-bond donors (Lipinski definition) is 1. The molecule has 0 bridgehead atoms. The van der Waals surface area contributed by atoms with E-state index in [1.807, 2.05) is 49.4 Å². The van der Waals surface area contributed by atoms with Crippen LogP contribution in [0.4, 0.5) is 5.69 Å². The second-order valence-electron chi connectivity index (χ2n) is 7.23. The molecule has 8 heteroatoms. The van der Waals surface area contributed by atoms with Crippen molar-refractivity contribution in [1.82, 2.24) is 19.7 Å². The second kappa shape index (κ2) is 10.4. The van der Waals surface area contributed by atoms with Crippen molar-refractivity contribution in [2.45, 2.75) is 25.0 Å². The van der Waals surface area contributed by atoms with E-state index >= 15 is 0 Å². The number of carbonyl (C=O) groups excluding carboxylic acids is 1. The lowest BCUT2D eigenvalue weighted by atomic mass is 10.1. The van der Waals surface area contributed by atoms with E-state index in [2.05, 4.69) is 37.2 Å². The van der Waals surface area contributed by atoms with E-state index in [0.29, 0.717) is 22.4 Å². The monoisotopic (exact) mass is 463 g/mol. The molecule has 32 heavy (non-hydrogen) atoms. The molecular formula is C24H22ClN5OS. The molecule has 0 fully saturated rings. The van der Waals surface area contributed by atoms with Crippen LogP contribution < -0.4 is 5.32 Å². The van der Waals surface area contributed by atoms with Gasteiger partial charge in [-0.2, -0.15) is 0 Å². The highest BCUT2D eigenvalue weighted by Crippen LogP contribution is 2.25. The minimum Gasteiger partial charge on any atom is -0.325 e.